The van der Waals surface area contributed by atoms with Crippen molar-refractivity contribution in [1.82, 2.24) is 0 Å². The summed E-state index contributed by atoms with van der Waals surface area (Å²) >= 11 is 15.6. The second kappa shape index (κ2) is 6.20. The van der Waals surface area contributed by atoms with Crippen LogP contribution in [-0.4, -0.2) is 0 Å². The maximum Gasteiger partial charge on any atom is 0.137 e. The van der Waals surface area contributed by atoms with Crippen LogP contribution in [0, 0.1) is 11.6 Å². The van der Waals surface area contributed by atoms with Crippen molar-refractivity contribution >= 4 is 59.4 Å². The van der Waals surface area contributed by atoms with Crippen LogP contribution in [0.3, 0.4) is 0 Å². The van der Waals surface area contributed by atoms with E-state index < -0.39 is 16.5 Å². The van der Waals surface area contributed by atoms with Gasteiger partial charge in [-0.3, -0.25) is 0 Å². The summed E-state index contributed by atoms with van der Waals surface area (Å²) in [6, 6.07) is 7.52. The number of hydrogen-bond donors (Lipinski definition) is 0. The van der Waals surface area contributed by atoms with E-state index in [0.717, 1.165) is 22.2 Å². The van der Waals surface area contributed by atoms with Gasteiger partial charge in [0.05, 0.1) is 14.3 Å². The van der Waals surface area contributed by atoms with E-state index in [2.05, 4.69) is 47.8 Å². The summed E-state index contributed by atoms with van der Waals surface area (Å²) in [5, 5.41) is 0.514. The Morgan fingerprint density at radius 3 is 2.26 bits per heavy atom. The van der Waals surface area contributed by atoms with Gasteiger partial charge in [0, 0.05) is 10.0 Å². The van der Waals surface area contributed by atoms with Gasteiger partial charge in [-0.05, 0) is 61.7 Å². The van der Waals surface area contributed by atoms with E-state index in [0.29, 0.717) is 5.02 Å². The second-order valence-corrected chi connectivity index (χ2v) is 6.86. The Labute approximate surface area is 139 Å². The SMILES string of the molecule is Fc1cc(C(Br)c2ccc(Br)c(Cl)c2)c(F)cc1Br. The monoisotopic (exact) mass is 472 g/mol. The smallest absolute Gasteiger partial charge is 0.137 e. The minimum atomic E-state index is -0.510. The normalized spacial score (nSPS) is 12.5. The Morgan fingerprint density at radius 1 is 0.947 bits per heavy atom. The predicted molar refractivity (Wildman–Crippen MR) is 84.0 cm³/mol. The van der Waals surface area contributed by atoms with Crippen molar-refractivity contribution in [2.75, 3.05) is 0 Å². The first kappa shape index (κ1) is 15.4. The fraction of sp³-hybridized carbons (Fsp3) is 0.0769. The Kier molecular flexibility index (Phi) is 5.04. The molecule has 2 aromatic rings. The molecular weight excluding hydrogens is 469 g/mol. The third kappa shape index (κ3) is 3.38. The minimum absolute atomic E-state index is 0.0993. The Balaban J connectivity index is 2.46. The van der Waals surface area contributed by atoms with Gasteiger partial charge >= 0.3 is 0 Å². The van der Waals surface area contributed by atoms with Crippen LogP contribution in [-0.2, 0) is 0 Å². The summed E-state index contributed by atoms with van der Waals surface area (Å²) in [5.74, 6) is -1.00. The molecule has 1 unspecified atom stereocenters. The van der Waals surface area contributed by atoms with Crippen molar-refractivity contribution in [3.8, 4) is 0 Å². The highest BCUT2D eigenvalue weighted by atomic mass is 79.9. The average Bonchev–Trinajstić information content (AvgIpc) is 2.36. The summed E-state index contributed by atoms with van der Waals surface area (Å²) in [7, 11) is 0. The van der Waals surface area contributed by atoms with Crippen molar-refractivity contribution in [2.45, 2.75) is 4.83 Å². The molecule has 6 heteroatoms. The first-order valence-electron chi connectivity index (χ1n) is 5.13. The van der Waals surface area contributed by atoms with E-state index in [9.17, 15) is 8.78 Å². The highest BCUT2D eigenvalue weighted by Gasteiger charge is 2.18. The zero-order valence-corrected chi connectivity index (χ0v) is 14.7. The van der Waals surface area contributed by atoms with Crippen molar-refractivity contribution in [3.63, 3.8) is 0 Å². The molecule has 2 aromatic carbocycles. The van der Waals surface area contributed by atoms with E-state index in [1.165, 1.54) is 0 Å². The third-order valence-corrected chi connectivity index (χ3v) is 5.41. The molecule has 0 spiro atoms. The number of halogens is 6. The molecule has 0 aromatic heterocycles. The van der Waals surface area contributed by atoms with Crippen LogP contribution in [0.2, 0.25) is 5.02 Å². The van der Waals surface area contributed by atoms with Crippen LogP contribution in [0.1, 0.15) is 16.0 Å². The van der Waals surface area contributed by atoms with Crippen LogP contribution in [0.25, 0.3) is 0 Å². The van der Waals surface area contributed by atoms with Gasteiger partial charge < -0.3 is 0 Å². The molecule has 0 aliphatic heterocycles. The maximum atomic E-state index is 13.9. The lowest BCUT2D eigenvalue weighted by atomic mass is 10.0. The van der Waals surface area contributed by atoms with Crippen molar-refractivity contribution in [1.29, 1.82) is 0 Å². The second-order valence-electron chi connectivity index (χ2n) is 3.82. The molecule has 0 aliphatic carbocycles. The summed E-state index contributed by atoms with van der Waals surface area (Å²) in [6.45, 7) is 0. The van der Waals surface area contributed by atoms with Gasteiger partial charge in [-0.25, -0.2) is 8.78 Å². The van der Waals surface area contributed by atoms with E-state index >= 15 is 0 Å². The van der Waals surface area contributed by atoms with Crippen molar-refractivity contribution in [3.05, 3.63) is 67.1 Å². The molecule has 0 radical (unpaired) electrons. The zero-order chi connectivity index (χ0) is 14.2. The van der Waals surface area contributed by atoms with Gasteiger partial charge in [0.1, 0.15) is 11.6 Å². The Morgan fingerprint density at radius 2 is 1.63 bits per heavy atom. The lowest BCUT2D eigenvalue weighted by molar-refractivity contribution is 0.583. The fourth-order valence-corrected chi connectivity index (χ4v) is 2.97. The number of rotatable bonds is 2. The zero-order valence-electron chi connectivity index (χ0n) is 9.23. The molecule has 0 N–H and O–H groups in total. The van der Waals surface area contributed by atoms with E-state index in [4.69, 9.17) is 11.6 Å². The highest BCUT2D eigenvalue weighted by molar-refractivity contribution is 9.11. The Hall–Kier alpha value is 0.0300. The molecule has 0 saturated carbocycles. The topological polar surface area (TPSA) is 0 Å². The quantitative estimate of drug-likeness (QED) is 0.338. The molecule has 0 nitrogen and oxygen atoms in total. The molecule has 19 heavy (non-hydrogen) atoms. The molecule has 2 rings (SSSR count). The molecule has 1 atom stereocenters. The summed E-state index contributed by atoms with van der Waals surface area (Å²) < 4.78 is 28.2. The van der Waals surface area contributed by atoms with Crippen LogP contribution in [0.5, 0.6) is 0 Å². The summed E-state index contributed by atoms with van der Waals surface area (Å²) in [4.78, 5) is -0.472. The average molecular weight is 475 g/mol. The summed E-state index contributed by atoms with van der Waals surface area (Å²) in [5.41, 5.74) is 0.966. The molecule has 0 amide bonds. The van der Waals surface area contributed by atoms with Crippen molar-refractivity contribution in [2.24, 2.45) is 0 Å². The lowest BCUT2D eigenvalue weighted by Gasteiger charge is -2.13. The maximum absolute atomic E-state index is 13.9. The molecule has 0 saturated heterocycles. The van der Waals surface area contributed by atoms with Crippen LogP contribution in [0.15, 0.2) is 39.3 Å². The van der Waals surface area contributed by atoms with E-state index in [1.807, 2.05) is 0 Å². The largest absolute Gasteiger partial charge is 0.207 e. The minimum Gasteiger partial charge on any atom is -0.207 e. The molecule has 0 fully saturated rings. The van der Waals surface area contributed by atoms with E-state index in [1.54, 1.807) is 18.2 Å². The number of alkyl halides is 1. The number of hydrogen-bond acceptors (Lipinski definition) is 0. The van der Waals surface area contributed by atoms with Crippen molar-refractivity contribution < 1.29 is 8.78 Å². The standard InChI is InChI=1S/C13H6Br3ClF2/c14-8-2-1-6(3-10(8)17)13(16)7-4-12(19)9(15)5-11(7)18/h1-5,13H. The van der Waals surface area contributed by atoms with Crippen LogP contribution >= 0.6 is 59.4 Å². The highest BCUT2D eigenvalue weighted by Crippen LogP contribution is 2.36. The molecule has 0 bridgehead atoms. The Bertz CT molecular complexity index is 632. The molecular formula is C13H6Br3ClF2. The lowest BCUT2D eigenvalue weighted by Crippen LogP contribution is -1.98. The molecule has 0 heterocycles. The summed E-state index contributed by atoms with van der Waals surface area (Å²) in [6.07, 6.45) is 0. The molecule has 0 aliphatic rings. The van der Waals surface area contributed by atoms with Gasteiger partial charge in [0.25, 0.3) is 0 Å². The van der Waals surface area contributed by atoms with Gasteiger partial charge in [-0.1, -0.05) is 33.6 Å². The predicted octanol–water partition coefficient (Wildman–Crippen LogP) is 6.63. The number of benzene rings is 2. The van der Waals surface area contributed by atoms with E-state index in [-0.39, 0.29) is 10.0 Å². The van der Waals surface area contributed by atoms with Gasteiger partial charge in [0.2, 0.25) is 0 Å². The van der Waals surface area contributed by atoms with Crippen LogP contribution in [0.4, 0.5) is 8.78 Å². The van der Waals surface area contributed by atoms with Crippen LogP contribution < -0.4 is 0 Å². The first-order valence-corrected chi connectivity index (χ1v) is 8.01. The fourth-order valence-electron chi connectivity index (χ4n) is 1.58. The van der Waals surface area contributed by atoms with Gasteiger partial charge in [-0.2, -0.15) is 0 Å². The first-order chi connectivity index (χ1) is 8.90. The van der Waals surface area contributed by atoms with Gasteiger partial charge in [-0.15, -0.1) is 0 Å². The third-order valence-electron chi connectivity index (χ3n) is 2.55. The molecule has 100 valence electrons. The van der Waals surface area contributed by atoms with Gasteiger partial charge in [0.15, 0.2) is 0 Å².